The third kappa shape index (κ3) is 7.01. The fourth-order valence-corrected chi connectivity index (χ4v) is 4.93. The number of nitrogen functional groups attached to an aromatic ring is 1. The second-order valence-corrected chi connectivity index (χ2v) is 9.61. The molecule has 5 N–H and O–H groups in total. The van der Waals surface area contributed by atoms with Crippen molar-refractivity contribution < 1.29 is 40.7 Å². The number of sulfonamides is 1. The third-order valence-electron chi connectivity index (χ3n) is 5.26. The number of carboxylic acid groups (broad SMARTS) is 1. The molecule has 1 amide bonds. The average Bonchev–Trinajstić information content (AvgIpc) is 2.86. The van der Waals surface area contributed by atoms with E-state index in [9.17, 15) is 30.8 Å². The van der Waals surface area contributed by atoms with Gasteiger partial charge in [-0.2, -0.15) is 17.9 Å². The van der Waals surface area contributed by atoms with Gasteiger partial charge in [-0.05, 0) is 30.5 Å². The van der Waals surface area contributed by atoms with Crippen LogP contribution in [0.2, 0.25) is 0 Å². The van der Waals surface area contributed by atoms with Crippen LogP contribution in [0.4, 0.5) is 23.5 Å². The number of alkyl halides is 3. The van der Waals surface area contributed by atoms with Gasteiger partial charge in [0.2, 0.25) is 21.9 Å². The molecule has 0 bridgehead atoms. The summed E-state index contributed by atoms with van der Waals surface area (Å²) in [7, 11) is -4.02. The van der Waals surface area contributed by atoms with Gasteiger partial charge in [-0.1, -0.05) is 30.3 Å². The Labute approximate surface area is 214 Å². The van der Waals surface area contributed by atoms with Gasteiger partial charge in [0.1, 0.15) is 11.9 Å². The molecule has 1 aromatic heterocycles. The summed E-state index contributed by atoms with van der Waals surface area (Å²) in [5.74, 6) is -3.59. The maximum atomic E-state index is 14.9. The zero-order valence-corrected chi connectivity index (χ0v) is 20.2. The number of nitrogens with zero attached hydrogens (tertiary/aromatic N) is 2. The number of carboxylic acids is 1. The molecule has 10 nitrogen and oxygen atoms in total. The van der Waals surface area contributed by atoms with Crippen molar-refractivity contribution in [3.05, 3.63) is 60.7 Å². The van der Waals surface area contributed by atoms with Gasteiger partial charge < -0.3 is 16.2 Å². The summed E-state index contributed by atoms with van der Waals surface area (Å²) in [5.41, 5.74) is 6.89. The number of amides is 1. The van der Waals surface area contributed by atoms with Crippen molar-refractivity contribution in [2.24, 2.45) is 0 Å². The summed E-state index contributed by atoms with van der Waals surface area (Å²) in [6.45, 7) is 0.526. The van der Waals surface area contributed by atoms with Crippen molar-refractivity contribution in [1.82, 2.24) is 20.0 Å². The molecule has 3 aromatic rings. The van der Waals surface area contributed by atoms with Crippen LogP contribution in [0.15, 0.2) is 59.8 Å². The number of hydrogen-bond donors (Lipinski definition) is 4. The second kappa shape index (κ2) is 11.5. The quantitative estimate of drug-likeness (QED) is 0.349. The van der Waals surface area contributed by atoms with Crippen molar-refractivity contribution in [3.8, 4) is 22.3 Å². The Kier molecular flexibility index (Phi) is 8.63. The molecule has 38 heavy (non-hydrogen) atoms. The lowest BCUT2D eigenvalue weighted by molar-refractivity contribution is -0.192. The maximum absolute atomic E-state index is 14.9. The molecule has 1 aliphatic rings. The molecule has 0 radical (unpaired) electrons. The molecular weight excluding hydrogens is 534 g/mol. The first-order valence-electron chi connectivity index (χ1n) is 10.9. The number of anilines is 1. The number of nitrogens with two attached hydrogens (primary N) is 1. The number of carbonyl (C=O) groups excluding carboxylic acids is 1. The van der Waals surface area contributed by atoms with Gasteiger partial charge in [-0.15, -0.1) is 0 Å². The molecule has 0 aliphatic carbocycles. The van der Waals surface area contributed by atoms with E-state index in [0.717, 1.165) is 0 Å². The fourth-order valence-electron chi connectivity index (χ4n) is 3.47. The van der Waals surface area contributed by atoms with E-state index in [0.29, 0.717) is 36.1 Å². The van der Waals surface area contributed by atoms with E-state index in [4.69, 9.17) is 15.6 Å². The standard InChI is InChI=1S/C21H20FN5O3S.C2HF3O2/c22-17-10-13(7-8-15(17)14-11-25-21(23)26-12-14)16-4-1-2-6-19(16)31(29,30)27-18-5-3-9-24-20(18)28;3-2(4,5)1(6)7/h1-2,4,6-8,10-12,18,27H,3,5,9H2,(H,24,28)(H2,23,25,26);(H,6,7)/t18-;/m1./s1. The van der Waals surface area contributed by atoms with Gasteiger partial charge in [0.15, 0.2) is 0 Å². The highest BCUT2D eigenvalue weighted by atomic mass is 32.2. The van der Waals surface area contributed by atoms with E-state index < -0.39 is 34.0 Å². The van der Waals surface area contributed by atoms with E-state index in [2.05, 4.69) is 20.0 Å². The van der Waals surface area contributed by atoms with E-state index in [-0.39, 0.29) is 22.3 Å². The largest absolute Gasteiger partial charge is 0.490 e. The van der Waals surface area contributed by atoms with Crippen LogP contribution in [-0.4, -0.2) is 54.1 Å². The van der Waals surface area contributed by atoms with Gasteiger partial charge >= 0.3 is 12.1 Å². The molecule has 1 fully saturated rings. The number of benzene rings is 2. The number of aliphatic carboxylic acids is 1. The van der Waals surface area contributed by atoms with Gasteiger partial charge in [0.05, 0.1) is 4.90 Å². The Hall–Kier alpha value is -4.11. The van der Waals surface area contributed by atoms with Crippen LogP contribution in [0.3, 0.4) is 0 Å². The van der Waals surface area contributed by atoms with Gasteiger partial charge in [-0.3, -0.25) is 4.79 Å². The minimum absolute atomic E-state index is 0.0312. The number of carbonyl (C=O) groups is 2. The van der Waals surface area contributed by atoms with Crippen molar-refractivity contribution >= 4 is 27.8 Å². The van der Waals surface area contributed by atoms with Gasteiger partial charge in [0.25, 0.3) is 0 Å². The van der Waals surface area contributed by atoms with Crippen LogP contribution in [-0.2, 0) is 19.6 Å². The van der Waals surface area contributed by atoms with Crippen LogP contribution < -0.4 is 15.8 Å². The molecule has 1 atom stereocenters. The molecule has 0 spiro atoms. The van der Waals surface area contributed by atoms with E-state index >= 15 is 0 Å². The minimum atomic E-state index is -5.08. The Bertz CT molecular complexity index is 1430. The number of halogens is 4. The normalized spacial score (nSPS) is 15.7. The average molecular weight is 556 g/mol. The molecule has 1 aliphatic heterocycles. The van der Waals surface area contributed by atoms with Crippen LogP contribution in [0.5, 0.6) is 0 Å². The number of hydrogen-bond acceptors (Lipinski definition) is 7. The minimum Gasteiger partial charge on any atom is -0.475 e. The lowest BCUT2D eigenvalue weighted by atomic mass is 10.0. The summed E-state index contributed by atoms with van der Waals surface area (Å²) in [4.78, 5) is 28.6. The zero-order chi connectivity index (χ0) is 28.1. The number of rotatable bonds is 5. The highest BCUT2D eigenvalue weighted by molar-refractivity contribution is 7.89. The fraction of sp³-hybridized carbons (Fsp3) is 0.217. The molecule has 0 saturated carbocycles. The first-order chi connectivity index (χ1) is 17.8. The summed E-state index contributed by atoms with van der Waals surface area (Å²) in [5, 5.41) is 9.78. The molecule has 2 aromatic carbocycles. The Morgan fingerprint density at radius 2 is 1.71 bits per heavy atom. The first kappa shape index (κ1) is 28.5. The third-order valence-corrected chi connectivity index (χ3v) is 6.79. The van der Waals surface area contributed by atoms with Crippen molar-refractivity contribution in [3.63, 3.8) is 0 Å². The van der Waals surface area contributed by atoms with Crippen molar-refractivity contribution in [2.45, 2.75) is 30.0 Å². The summed E-state index contributed by atoms with van der Waals surface area (Å²) in [6, 6.07) is 9.84. The second-order valence-electron chi connectivity index (χ2n) is 7.93. The molecule has 0 unspecified atom stereocenters. The lowest BCUT2D eigenvalue weighted by Crippen LogP contribution is -2.50. The predicted molar refractivity (Wildman–Crippen MR) is 127 cm³/mol. The SMILES string of the molecule is Nc1ncc(-c2ccc(-c3ccccc3S(=O)(=O)N[C@@H]3CCCNC3=O)cc2F)cn1.O=C(O)C(F)(F)F. The van der Waals surface area contributed by atoms with E-state index in [1.54, 1.807) is 24.3 Å². The van der Waals surface area contributed by atoms with Crippen LogP contribution in [0.25, 0.3) is 22.3 Å². The number of nitrogens with one attached hydrogen (secondary N) is 2. The van der Waals surface area contributed by atoms with Crippen molar-refractivity contribution in [1.29, 1.82) is 0 Å². The number of aromatic nitrogens is 2. The van der Waals surface area contributed by atoms with Crippen LogP contribution in [0, 0.1) is 5.82 Å². The first-order valence-corrected chi connectivity index (χ1v) is 12.3. The van der Waals surface area contributed by atoms with Gasteiger partial charge in [0, 0.05) is 35.6 Å². The monoisotopic (exact) mass is 555 g/mol. The van der Waals surface area contributed by atoms with E-state index in [1.807, 2.05) is 0 Å². The lowest BCUT2D eigenvalue weighted by Gasteiger charge is -2.23. The van der Waals surface area contributed by atoms with Gasteiger partial charge in [-0.25, -0.2) is 27.6 Å². The maximum Gasteiger partial charge on any atom is 0.490 e. The predicted octanol–water partition coefficient (Wildman–Crippen LogP) is 2.72. The Balaban J connectivity index is 0.000000505. The summed E-state index contributed by atoms with van der Waals surface area (Å²) < 4.78 is 75.1. The smallest absolute Gasteiger partial charge is 0.475 e. The molecule has 4 rings (SSSR count). The summed E-state index contributed by atoms with van der Waals surface area (Å²) in [6.07, 6.45) is -1.15. The highest BCUT2D eigenvalue weighted by Crippen LogP contribution is 2.31. The van der Waals surface area contributed by atoms with Crippen molar-refractivity contribution in [2.75, 3.05) is 12.3 Å². The molecule has 15 heteroatoms. The van der Waals surface area contributed by atoms with Crippen LogP contribution in [0.1, 0.15) is 12.8 Å². The zero-order valence-electron chi connectivity index (χ0n) is 19.4. The Morgan fingerprint density at radius 3 is 2.29 bits per heavy atom. The molecule has 2 heterocycles. The Morgan fingerprint density at radius 1 is 1.08 bits per heavy atom. The van der Waals surface area contributed by atoms with E-state index in [1.165, 1.54) is 30.6 Å². The topological polar surface area (TPSA) is 164 Å². The van der Waals surface area contributed by atoms with Crippen LogP contribution >= 0.6 is 0 Å². The molecule has 1 saturated heterocycles. The molecule has 202 valence electrons. The number of piperidine rings is 1. The molecular formula is C23H21F4N5O5S. The highest BCUT2D eigenvalue weighted by Gasteiger charge is 2.38. The summed E-state index contributed by atoms with van der Waals surface area (Å²) >= 11 is 0.